The quantitative estimate of drug-likeness (QED) is 0.541. The van der Waals surface area contributed by atoms with E-state index in [-0.39, 0.29) is 5.91 Å². The van der Waals surface area contributed by atoms with E-state index in [4.69, 9.17) is 4.52 Å². The lowest BCUT2D eigenvalue weighted by Gasteiger charge is -2.34. The summed E-state index contributed by atoms with van der Waals surface area (Å²) < 4.78 is 5.41. The molecule has 1 saturated heterocycles. The monoisotopic (exact) mass is 421 g/mol. The molecule has 1 aliphatic heterocycles. The van der Waals surface area contributed by atoms with E-state index < -0.39 is 0 Å². The number of H-pyrrole nitrogens is 1. The molecule has 154 valence electrons. The lowest BCUT2D eigenvalue weighted by molar-refractivity contribution is 0.0615. The standard InChI is InChI=1S/C22H23N5O2S/c1-14-15(2)23-18-6-5-16(12-17(14)18)22(28)27-9-7-26(8-10-27)13-20-24-21(25-29-20)19-4-3-11-30-19/h3-6,11-12,23H,7-10,13H2,1-2H3. The van der Waals surface area contributed by atoms with Gasteiger partial charge in [-0.1, -0.05) is 11.2 Å². The summed E-state index contributed by atoms with van der Waals surface area (Å²) in [6, 6.07) is 9.88. The number of fused-ring (bicyclic) bond motifs is 1. The van der Waals surface area contributed by atoms with Gasteiger partial charge in [0.05, 0.1) is 11.4 Å². The summed E-state index contributed by atoms with van der Waals surface area (Å²) in [7, 11) is 0. The van der Waals surface area contributed by atoms with Gasteiger partial charge in [-0.3, -0.25) is 9.69 Å². The van der Waals surface area contributed by atoms with Crippen LogP contribution in [0.4, 0.5) is 0 Å². The van der Waals surface area contributed by atoms with Crippen LogP contribution in [0.15, 0.2) is 40.2 Å². The summed E-state index contributed by atoms with van der Waals surface area (Å²) in [6.45, 7) is 7.70. The predicted molar refractivity (Wildman–Crippen MR) is 117 cm³/mol. The van der Waals surface area contributed by atoms with Crippen molar-refractivity contribution in [1.82, 2.24) is 24.9 Å². The van der Waals surface area contributed by atoms with Crippen molar-refractivity contribution in [2.75, 3.05) is 26.2 Å². The van der Waals surface area contributed by atoms with Crippen LogP contribution >= 0.6 is 11.3 Å². The molecular weight excluding hydrogens is 398 g/mol. The van der Waals surface area contributed by atoms with Gasteiger partial charge in [0.1, 0.15) is 0 Å². The number of carbonyl (C=O) groups is 1. The van der Waals surface area contributed by atoms with Crippen LogP contribution < -0.4 is 0 Å². The van der Waals surface area contributed by atoms with E-state index in [2.05, 4.69) is 33.9 Å². The van der Waals surface area contributed by atoms with Crippen molar-refractivity contribution < 1.29 is 9.32 Å². The fraction of sp³-hybridized carbons (Fsp3) is 0.318. The Bertz CT molecular complexity index is 1190. The Morgan fingerprint density at radius 2 is 2.03 bits per heavy atom. The first-order valence-corrected chi connectivity index (χ1v) is 10.9. The van der Waals surface area contributed by atoms with Crippen molar-refractivity contribution in [2.45, 2.75) is 20.4 Å². The molecule has 0 unspecified atom stereocenters. The molecule has 30 heavy (non-hydrogen) atoms. The van der Waals surface area contributed by atoms with E-state index in [9.17, 15) is 4.79 Å². The molecule has 1 aromatic carbocycles. The summed E-state index contributed by atoms with van der Waals surface area (Å²) in [5.41, 5.74) is 4.17. The molecule has 5 rings (SSSR count). The molecular formula is C22H23N5O2S. The Morgan fingerprint density at radius 3 is 2.80 bits per heavy atom. The lowest BCUT2D eigenvalue weighted by Crippen LogP contribution is -2.48. The minimum absolute atomic E-state index is 0.0903. The van der Waals surface area contributed by atoms with Gasteiger partial charge in [-0.05, 0) is 49.1 Å². The van der Waals surface area contributed by atoms with Crippen LogP contribution in [0.5, 0.6) is 0 Å². The number of hydrogen-bond acceptors (Lipinski definition) is 6. The van der Waals surface area contributed by atoms with Gasteiger partial charge in [0.15, 0.2) is 0 Å². The van der Waals surface area contributed by atoms with Gasteiger partial charge in [-0.25, -0.2) is 0 Å². The molecule has 0 saturated carbocycles. The molecule has 0 radical (unpaired) electrons. The molecule has 0 bridgehead atoms. The van der Waals surface area contributed by atoms with Crippen LogP contribution in [-0.2, 0) is 6.54 Å². The van der Waals surface area contributed by atoms with Crippen molar-refractivity contribution in [3.63, 3.8) is 0 Å². The van der Waals surface area contributed by atoms with E-state index in [1.54, 1.807) is 11.3 Å². The van der Waals surface area contributed by atoms with Crippen molar-refractivity contribution in [1.29, 1.82) is 0 Å². The fourth-order valence-electron chi connectivity index (χ4n) is 3.90. The highest BCUT2D eigenvalue weighted by Crippen LogP contribution is 2.24. The summed E-state index contributed by atoms with van der Waals surface area (Å²) in [5, 5.41) is 7.19. The van der Waals surface area contributed by atoms with Crippen LogP contribution in [0.25, 0.3) is 21.6 Å². The molecule has 4 heterocycles. The number of rotatable bonds is 4. The topological polar surface area (TPSA) is 78.3 Å². The van der Waals surface area contributed by atoms with Crippen LogP contribution in [0.1, 0.15) is 27.5 Å². The average molecular weight is 422 g/mol. The highest BCUT2D eigenvalue weighted by atomic mass is 32.1. The first kappa shape index (κ1) is 19.0. The van der Waals surface area contributed by atoms with E-state index in [0.717, 1.165) is 40.1 Å². The maximum absolute atomic E-state index is 13.0. The Morgan fingerprint density at radius 1 is 1.20 bits per heavy atom. The van der Waals surface area contributed by atoms with Crippen LogP contribution in [0.3, 0.4) is 0 Å². The summed E-state index contributed by atoms with van der Waals surface area (Å²) >= 11 is 1.59. The van der Waals surface area contributed by atoms with Gasteiger partial charge in [0.25, 0.3) is 5.91 Å². The van der Waals surface area contributed by atoms with E-state index >= 15 is 0 Å². The first-order chi connectivity index (χ1) is 14.6. The van der Waals surface area contributed by atoms with Crippen LogP contribution in [-0.4, -0.2) is 57.0 Å². The third-order valence-electron chi connectivity index (χ3n) is 5.78. The van der Waals surface area contributed by atoms with Crippen molar-refractivity contribution in [3.05, 3.63) is 58.4 Å². The number of hydrogen-bond donors (Lipinski definition) is 1. The summed E-state index contributed by atoms with van der Waals surface area (Å²) in [6.07, 6.45) is 0. The normalized spacial score (nSPS) is 15.2. The summed E-state index contributed by atoms with van der Waals surface area (Å²) in [5.74, 6) is 1.34. The molecule has 0 atom stereocenters. The number of aromatic nitrogens is 3. The van der Waals surface area contributed by atoms with Gasteiger partial charge in [-0.2, -0.15) is 4.98 Å². The minimum Gasteiger partial charge on any atom is -0.358 e. The second-order valence-electron chi connectivity index (χ2n) is 7.69. The number of nitrogens with one attached hydrogen (secondary N) is 1. The van der Waals surface area contributed by atoms with E-state index in [1.165, 1.54) is 5.56 Å². The Balaban J connectivity index is 1.21. The van der Waals surface area contributed by atoms with E-state index in [1.807, 2.05) is 40.6 Å². The van der Waals surface area contributed by atoms with Crippen LogP contribution in [0.2, 0.25) is 0 Å². The molecule has 1 aliphatic rings. The zero-order valence-electron chi connectivity index (χ0n) is 17.0. The van der Waals surface area contributed by atoms with Crippen LogP contribution in [0, 0.1) is 13.8 Å². The maximum atomic E-state index is 13.0. The number of aryl methyl sites for hydroxylation is 2. The van der Waals surface area contributed by atoms with Gasteiger partial charge in [0, 0.05) is 48.3 Å². The Kier molecular flexibility index (Phi) is 4.88. The van der Waals surface area contributed by atoms with Crippen molar-refractivity contribution >= 4 is 28.1 Å². The average Bonchev–Trinajstić information content (AvgIpc) is 3.50. The second kappa shape index (κ2) is 7.70. The molecule has 7 nitrogen and oxygen atoms in total. The molecule has 0 spiro atoms. The smallest absolute Gasteiger partial charge is 0.253 e. The Labute approximate surface area is 178 Å². The van der Waals surface area contributed by atoms with Gasteiger partial charge < -0.3 is 14.4 Å². The second-order valence-corrected chi connectivity index (χ2v) is 8.64. The molecule has 1 fully saturated rings. The first-order valence-electron chi connectivity index (χ1n) is 10.1. The van der Waals surface area contributed by atoms with Crippen molar-refractivity contribution in [3.8, 4) is 10.7 Å². The molecule has 8 heteroatoms. The highest BCUT2D eigenvalue weighted by molar-refractivity contribution is 7.13. The number of carbonyl (C=O) groups excluding carboxylic acids is 1. The number of aromatic amines is 1. The number of nitrogens with zero attached hydrogens (tertiary/aromatic N) is 4. The zero-order valence-corrected chi connectivity index (χ0v) is 17.8. The van der Waals surface area contributed by atoms with E-state index in [0.29, 0.717) is 31.3 Å². The molecule has 1 amide bonds. The summed E-state index contributed by atoms with van der Waals surface area (Å²) in [4.78, 5) is 26.1. The molecule has 3 aromatic heterocycles. The van der Waals surface area contributed by atoms with Gasteiger partial charge in [0.2, 0.25) is 11.7 Å². The highest BCUT2D eigenvalue weighted by Gasteiger charge is 2.24. The largest absolute Gasteiger partial charge is 0.358 e. The zero-order chi connectivity index (χ0) is 20.7. The third kappa shape index (κ3) is 3.53. The number of piperazine rings is 1. The predicted octanol–water partition coefficient (Wildman–Crippen LogP) is 3.85. The number of benzene rings is 1. The minimum atomic E-state index is 0.0903. The molecule has 4 aromatic rings. The molecule has 0 aliphatic carbocycles. The SMILES string of the molecule is Cc1[nH]c2ccc(C(=O)N3CCN(Cc4nc(-c5cccs5)no4)CC3)cc2c1C. The Hall–Kier alpha value is -2.97. The lowest BCUT2D eigenvalue weighted by atomic mass is 10.1. The number of thiophene rings is 1. The molecule has 1 N–H and O–H groups in total. The van der Waals surface area contributed by atoms with Gasteiger partial charge >= 0.3 is 0 Å². The third-order valence-corrected chi connectivity index (χ3v) is 6.65. The maximum Gasteiger partial charge on any atom is 0.253 e. The van der Waals surface area contributed by atoms with Crippen molar-refractivity contribution in [2.24, 2.45) is 0 Å². The fourth-order valence-corrected chi connectivity index (χ4v) is 4.55. The number of amides is 1. The van der Waals surface area contributed by atoms with Gasteiger partial charge in [-0.15, -0.1) is 11.3 Å².